The Balaban J connectivity index is 2.86. The van der Waals surface area contributed by atoms with E-state index in [-0.39, 0.29) is 28.5 Å². The molecule has 1 aromatic carbocycles. The molecule has 0 saturated carbocycles. The molecular formula is C18H25ClN2O6. The topological polar surface area (TPSA) is 103 Å². The minimum atomic E-state index is -1.19. The number of carbonyl (C=O) groups is 3. The fourth-order valence-corrected chi connectivity index (χ4v) is 2.24. The number of esters is 1. The Morgan fingerprint density at radius 2 is 1.70 bits per heavy atom. The Morgan fingerprint density at radius 3 is 2.22 bits per heavy atom. The van der Waals surface area contributed by atoms with Gasteiger partial charge in [0.1, 0.15) is 0 Å². The second kappa shape index (κ2) is 10.0. The van der Waals surface area contributed by atoms with E-state index in [1.54, 1.807) is 13.8 Å². The largest absolute Gasteiger partial charge is 0.493 e. The second-order valence-electron chi connectivity index (χ2n) is 6.32. The average Bonchev–Trinajstić information content (AvgIpc) is 2.54. The molecule has 0 fully saturated rings. The third kappa shape index (κ3) is 6.97. The second-order valence-corrected chi connectivity index (χ2v) is 6.73. The summed E-state index contributed by atoms with van der Waals surface area (Å²) >= 11 is 6.17. The Labute approximate surface area is 163 Å². The van der Waals surface area contributed by atoms with Gasteiger partial charge in [-0.2, -0.15) is 0 Å². The van der Waals surface area contributed by atoms with E-state index in [0.29, 0.717) is 5.75 Å². The van der Waals surface area contributed by atoms with Gasteiger partial charge in [-0.05, 0) is 46.8 Å². The number of carbonyl (C=O) groups excluding carboxylic acids is 3. The number of imide groups is 1. The molecule has 0 aliphatic carbocycles. The van der Waals surface area contributed by atoms with Crippen LogP contribution >= 0.6 is 11.6 Å². The van der Waals surface area contributed by atoms with Crippen molar-refractivity contribution in [2.24, 2.45) is 0 Å². The molecule has 0 bridgehead atoms. The van der Waals surface area contributed by atoms with E-state index in [1.807, 2.05) is 13.8 Å². The number of nitrogens with one attached hydrogen (secondary N) is 2. The van der Waals surface area contributed by atoms with E-state index in [0.717, 1.165) is 0 Å². The van der Waals surface area contributed by atoms with Crippen LogP contribution in [0.1, 0.15) is 45.0 Å². The highest BCUT2D eigenvalue weighted by Crippen LogP contribution is 2.37. The molecular weight excluding hydrogens is 376 g/mol. The van der Waals surface area contributed by atoms with Gasteiger partial charge in [-0.3, -0.25) is 10.1 Å². The first-order valence-electron chi connectivity index (χ1n) is 8.41. The first-order chi connectivity index (χ1) is 12.5. The van der Waals surface area contributed by atoms with Crippen LogP contribution in [-0.2, 0) is 9.53 Å². The summed E-state index contributed by atoms with van der Waals surface area (Å²) in [6, 6.07) is 1.96. The van der Waals surface area contributed by atoms with Gasteiger partial charge in [0.25, 0.3) is 5.91 Å². The normalized spacial score (nSPS) is 11.7. The van der Waals surface area contributed by atoms with Crippen molar-refractivity contribution in [3.63, 3.8) is 0 Å². The number of hydrogen-bond donors (Lipinski definition) is 2. The van der Waals surface area contributed by atoms with Gasteiger partial charge in [-0.25, -0.2) is 9.59 Å². The van der Waals surface area contributed by atoms with Gasteiger partial charge >= 0.3 is 12.0 Å². The van der Waals surface area contributed by atoms with Gasteiger partial charge in [-0.1, -0.05) is 11.6 Å². The number of hydrogen-bond acceptors (Lipinski definition) is 6. The monoisotopic (exact) mass is 400 g/mol. The first-order valence-corrected chi connectivity index (χ1v) is 8.79. The molecule has 0 saturated heterocycles. The van der Waals surface area contributed by atoms with Crippen LogP contribution in [0.3, 0.4) is 0 Å². The lowest BCUT2D eigenvalue weighted by molar-refractivity contribution is -0.127. The smallest absolute Gasteiger partial charge is 0.339 e. The maximum atomic E-state index is 12.3. The SMILES string of the molecule is COc1cc(C(=O)O[C@H](C)C(=O)NC(=O)NC(C)C)cc(Cl)c1OC(C)C. The van der Waals surface area contributed by atoms with Gasteiger partial charge in [0.15, 0.2) is 17.6 Å². The molecule has 0 aliphatic rings. The van der Waals surface area contributed by atoms with Gasteiger partial charge < -0.3 is 19.5 Å². The molecule has 0 aromatic heterocycles. The van der Waals surface area contributed by atoms with Crippen LogP contribution < -0.4 is 20.1 Å². The molecule has 1 rings (SSSR count). The summed E-state index contributed by atoms with van der Waals surface area (Å²) in [5, 5.41) is 4.76. The lowest BCUT2D eigenvalue weighted by atomic mass is 10.2. The molecule has 0 spiro atoms. The molecule has 0 heterocycles. The van der Waals surface area contributed by atoms with Crippen LogP contribution in [0, 0.1) is 0 Å². The number of methoxy groups -OCH3 is 1. The zero-order chi connectivity index (χ0) is 20.7. The first kappa shape index (κ1) is 22.6. The molecule has 27 heavy (non-hydrogen) atoms. The highest BCUT2D eigenvalue weighted by atomic mass is 35.5. The molecule has 1 aromatic rings. The minimum Gasteiger partial charge on any atom is -0.493 e. The average molecular weight is 401 g/mol. The van der Waals surface area contributed by atoms with Crippen LogP contribution in [-0.4, -0.2) is 43.3 Å². The maximum Gasteiger partial charge on any atom is 0.339 e. The van der Waals surface area contributed by atoms with Crippen molar-refractivity contribution in [1.29, 1.82) is 0 Å². The Morgan fingerprint density at radius 1 is 1.07 bits per heavy atom. The van der Waals surface area contributed by atoms with E-state index in [4.69, 9.17) is 25.8 Å². The standard InChI is InChI=1S/C18H25ClN2O6/c1-9(2)20-18(24)21-16(22)11(5)27-17(23)12-7-13(19)15(26-10(3)4)14(8-12)25-6/h7-11H,1-6H3,(H2,20,21,22,24)/t11-/m1/s1. The predicted octanol–water partition coefficient (Wildman–Crippen LogP) is 2.92. The Bertz CT molecular complexity index is 705. The fourth-order valence-electron chi connectivity index (χ4n) is 1.98. The zero-order valence-corrected chi connectivity index (χ0v) is 17.0. The fraction of sp³-hybridized carbons (Fsp3) is 0.500. The number of ether oxygens (including phenoxy) is 3. The van der Waals surface area contributed by atoms with Gasteiger partial charge in [0.2, 0.25) is 0 Å². The molecule has 1 atom stereocenters. The summed E-state index contributed by atoms with van der Waals surface area (Å²) in [5.41, 5.74) is 0.0826. The van der Waals surface area contributed by atoms with Crippen LogP contribution in [0.4, 0.5) is 4.79 Å². The van der Waals surface area contributed by atoms with Gasteiger partial charge in [-0.15, -0.1) is 0 Å². The van der Waals surface area contributed by atoms with Crippen molar-refractivity contribution in [2.75, 3.05) is 7.11 Å². The Kier molecular flexibility index (Phi) is 8.36. The summed E-state index contributed by atoms with van der Waals surface area (Å²) in [4.78, 5) is 35.8. The number of urea groups is 1. The highest BCUT2D eigenvalue weighted by molar-refractivity contribution is 6.32. The number of halogens is 1. The zero-order valence-electron chi connectivity index (χ0n) is 16.2. The summed E-state index contributed by atoms with van der Waals surface area (Å²) in [5.74, 6) is -0.976. The maximum absolute atomic E-state index is 12.3. The van der Waals surface area contributed by atoms with Crippen molar-refractivity contribution in [2.45, 2.75) is 52.9 Å². The van der Waals surface area contributed by atoms with Crippen molar-refractivity contribution in [3.05, 3.63) is 22.7 Å². The van der Waals surface area contributed by atoms with E-state index in [2.05, 4.69) is 10.6 Å². The lowest BCUT2D eigenvalue weighted by Crippen LogP contribution is -2.46. The molecule has 8 nitrogen and oxygen atoms in total. The lowest BCUT2D eigenvalue weighted by Gasteiger charge is -2.17. The molecule has 0 radical (unpaired) electrons. The molecule has 0 unspecified atom stereocenters. The molecule has 9 heteroatoms. The van der Waals surface area contributed by atoms with Gasteiger partial charge in [0.05, 0.1) is 23.8 Å². The van der Waals surface area contributed by atoms with E-state index in [9.17, 15) is 14.4 Å². The van der Waals surface area contributed by atoms with Crippen LogP contribution in [0.5, 0.6) is 11.5 Å². The summed E-state index contributed by atoms with van der Waals surface area (Å²) < 4.78 is 15.9. The van der Waals surface area contributed by atoms with E-state index in [1.165, 1.54) is 26.2 Å². The van der Waals surface area contributed by atoms with Crippen molar-refractivity contribution in [1.82, 2.24) is 10.6 Å². The third-order valence-electron chi connectivity index (χ3n) is 3.13. The quantitative estimate of drug-likeness (QED) is 0.682. The number of amides is 3. The third-order valence-corrected chi connectivity index (χ3v) is 3.41. The van der Waals surface area contributed by atoms with Crippen molar-refractivity contribution in [3.8, 4) is 11.5 Å². The summed E-state index contributed by atoms with van der Waals surface area (Å²) in [6.07, 6.45) is -1.33. The summed E-state index contributed by atoms with van der Waals surface area (Å²) in [7, 11) is 1.41. The van der Waals surface area contributed by atoms with Crippen LogP contribution in [0.2, 0.25) is 5.02 Å². The van der Waals surface area contributed by atoms with E-state index >= 15 is 0 Å². The molecule has 0 aliphatic heterocycles. The van der Waals surface area contributed by atoms with Crippen LogP contribution in [0.15, 0.2) is 12.1 Å². The molecule has 2 N–H and O–H groups in total. The Hall–Kier alpha value is -2.48. The molecule has 3 amide bonds. The van der Waals surface area contributed by atoms with Crippen molar-refractivity contribution < 1.29 is 28.6 Å². The van der Waals surface area contributed by atoms with Crippen LogP contribution in [0.25, 0.3) is 0 Å². The summed E-state index contributed by atoms with van der Waals surface area (Å²) in [6.45, 7) is 8.50. The molecule has 150 valence electrons. The predicted molar refractivity (Wildman–Crippen MR) is 100 cm³/mol. The van der Waals surface area contributed by atoms with E-state index < -0.39 is 24.0 Å². The van der Waals surface area contributed by atoms with Gasteiger partial charge in [0, 0.05) is 6.04 Å². The number of benzene rings is 1. The van der Waals surface area contributed by atoms with Crippen molar-refractivity contribution >= 4 is 29.5 Å². The number of rotatable bonds is 7. The highest BCUT2D eigenvalue weighted by Gasteiger charge is 2.23. The minimum absolute atomic E-state index is 0.0826.